The van der Waals surface area contributed by atoms with Crippen LogP contribution in [0.4, 0.5) is 0 Å². The standard InChI is InChI=1S/C14H25N3O3/c1-9(2)14(10(3)18)16-13(20)8-17(4)7-12(19)15-11-5-6-11/h9,11,14H,5-8H2,1-4H3,(H,15,19)(H,16,20). The van der Waals surface area contributed by atoms with E-state index in [4.69, 9.17) is 0 Å². The number of hydrogen-bond acceptors (Lipinski definition) is 4. The van der Waals surface area contributed by atoms with Crippen molar-refractivity contribution in [3.05, 3.63) is 0 Å². The molecule has 0 aromatic rings. The zero-order chi connectivity index (χ0) is 15.3. The van der Waals surface area contributed by atoms with Gasteiger partial charge in [0.25, 0.3) is 0 Å². The molecule has 1 aliphatic rings. The zero-order valence-electron chi connectivity index (χ0n) is 12.7. The lowest BCUT2D eigenvalue weighted by Gasteiger charge is -2.22. The Balaban J connectivity index is 2.32. The molecule has 1 rings (SSSR count). The van der Waals surface area contributed by atoms with Gasteiger partial charge in [0.05, 0.1) is 19.1 Å². The number of Topliss-reactive ketones (excluding diaryl/α,β-unsaturated/α-hetero) is 1. The van der Waals surface area contributed by atoms with Gasteiger partial charge in [-0.15, -0.1) is 0 Å². The quantitative estimate of drug-likeness (QED) is 0.653. The Kier molecular flexibility index (Phi) is 6.13. The molecule has 0 aliphatic heterocycles. The van der Waals surface area contributed by atoms with E-state index >= 15 is 0 Å². The van der Waals surface area contributed by atoms with E-state index in [1.165, 1.54) is 6.92 Å². The first kappa shape index (κ1) is 16.6. The second-order valence-corrected chi connectivity index (χ2v) is 5.91. The van der Waals surface area contributed by atoms with Crippen molar-refractivity contribution in [2.24, 2.45) is 5.92 Å². The minimum Gasteiger partial charge on any atom is -0.352 e. The maximum Gasteiger partial charge on any atom is 0.234 e. The van der Waals surface area contributed by atoms with Crippen LogP contribution >= 0.6 is 0 Å². The largest absolute Gasteiger partial charge is 0.352 e. The zero-order valence-corrected chi connectivity index (χ0v) is 12.7. The van der Waals surface area contributed by atoms with Crippen molar-refractivity contribution in [3.63, 3.8) is 0 Å². The van der Waals surface area contributed by atoms with Crippen molar-refractivity contribution in [1.29, 1.82) is 0 Å². The fraction of sp³-hybridized carbons (Fsp3) is 0.786. The molecule has 6 heteroatoms. The van der Waals surface area contributed by atoms with Crippen molar-refractivity contribution in [2.45, 2.75) is 45.7 Å². The van der Waals surface area contributed by atoms with Crippen molar-refractivity contribution in [2.75, 3.05) is 20.1 Å². The van der Waals surface area contributed by atoms with Crippen LogP contribution in [0.2, 0.25) is 0 Å². The molecule has 0 bridgehead atoms. The number of hydrogen-bond donors (Lipinski definition) is 2. The number of carbonyl (C=O) groups excluding carboxylic acids is 3. The number of likely N-dealkylation sites (N-methyl/N-ethyl adjacent to an activating group) is 1. The smallest absolute Gasteiger partial charge is 0.234 e. The monoisotopic (exact) mass is 283 g/mol. The van der Waals surface area contributed by atoms with E-state index in [-0.39, 0.29) is 36.6 Å². The lowest BCUT2D eigenvalue weighted by Crippen LogP contribution is -2.48. The second-order valence-electron chi connectivity index (χ2n) is 5.91. The lowest BCUT2D eigenvalue weighted by molar-refractivity contribution is -0.129. The average Bonchev–Trinajstić information content (AvgIpc) is 3.08. The van der Waals surface area contributed by atoms with Crippen LogP contribution in [0.3, 0.4) is 0 Å². The van der Waals surface area contributed by atoms with Gasteiger partial charge in [-0.2, -0.15) is 0 Å². The van der Waals surface area contributed by atoms with E-state index in [1.807, 2.05) is 13.8 Å². The molecular formula is C14H25N3O3. The summed E-state index contributed by atoms with van der Waals surface area (Å²) in [7, 11) is 1.71. The summed E-state index contributed by atoms with van der Waals surface area (Å²) in [5, 5.41) is 5.58. The summed E-state index contributed by atoms with van der Waals surface area (Å²) in [6, 6.07) is -0.135. The van der Waals surface area contributed by atoms with Crippen LogP contribution in [0.25, 0.3) is 0 Å². The molecule has 0 aromatic carbocycles. The molecule has 1 fully saturated rings. The van der Waals surface area contributed by atoms with Crippen LogP contribution in [0.1, 0.15) is 33.6 Å². The van der Waals surface area contributed by atoms with Crippen molar-refractivity contribution < 1.29 is 14.4 Å². The molecule has 2 amide bonds. The molecule has 114 valence electrons. The molecule has 0 spiro atoms. The maximum absolute atomic E-state index is 11.9. The van der Waals surface area contributed by atoms with Gasteiger partial charge in [-0.3, -0.25) is 19.3 Å². The van der Waals surface area contributed by atoms with E-state index in [9.17, 15) is 14.4 Å². The van der Waals surface area contributed by atoms with Crippen molar-refractivity contribution in [1.82, 2.24) is 15.5 Å². The topological polar surface area (TPSA) is 78.5 Å². The summed E-state index contributed by atoms with van der Waals surface area (Å²) >= 11 is 0. The predicted octanol–water partition coefficient (Wildman–Crippen LogP) is -0.0734. The van der Waals surface area contributed by atoms with Gasteiger partial charge in [-0.05, 0) is 32.7 Å². The fourth-order valence-corrected chi connectivity index (χ4v) is 2.00. The highest BCUT2D eigenvalue weighted by Crippen LogP contribution is 2.18. The van der Waals surface area contributed by atoms with Crippen molar-refractivity contribution in [3.8, 4) is 0 Å². The summed E-state index contributed by atoms with van der Waals surface area (Å²) < 4.78 is 0. The molecule has 0 heterocycles. The number of nitrogens with one attached hydrogen (secondary N) is 2. The normalized spacial score (nSPS) is 16.1. The minimum absolute atomic E-state index is 0.0533. The average molecular weight is 283 g/mol. The van der Waals surface area contributed by atoms with Crippen LogP contribution in [0.15, 0.2) is 0 Å². The third-order valence-electron chi connectivity index (χ3n) is 3.19. The Morgan fingerprint density at radius 3 is 2.15 bits per heavy atom. The van der Waals surface area contributed by atoms with E-state index in [0.29, 0.717) is 6.04 Å². The summed E-state index contributed by atoms with van der Waals surface area (Å²) in [5.41, 5.74) is 0. The Labute approximate surface area is 120 Å². The van der Waals surface area contributed by atoms with Crippen LogP contribution in [-0.2, 0) is 14.4 Å². The van der Waals surface area contributed by atoms with E-state index in [0.717, 1.165) is 12.8 Å². The predicted molar refractivity (Wildman–Crippen MR) is 76.1 cm³/mol. The van der Waals surface area contributed by atoms with E-state index in [2.05, 4.69) is 10.6 Å². The molecule has 1 atom stereocenters. The van der Waals surface area contributed by atoms with Gasteiger partial charge in [-0.25, -0.2) is 0 Å². The molecule has 0 radical (unpaired) electrons. The lowest BCUT2D eigenvalue weighted by atomic mass is 10.0. The van der Waals surface area contributed by atoms with Crippen molar-refractivity contribution >= 4 is 17.6 Å². The first-order chi connectivity index (χ1) is 9.29. The molecule has 20 heavy (non-hydrogen) atoms. The molecule has 0 saturated heterocycles. The second kappa shape index (κ2) is 7.38. The third-order valence-corrected chi connectivity index (χ3v) is 3.19. The number of carbonyl (C=O) groups is 3. The number of nitrogens with zero attached hydrogens (tertiary/aromatic N) is 1. The third kappa shape index (κ3) is 6.14. The first-order valence-corrected chi connectivity index (χ1v) is 7.07. The number of rotatable bonds is 8. The van der Waals surface area contributed by atoms with Gasteiger partial charge < -0.3 is 10.6 Å². The molecule has 0 aromatic heterocycles. The Bertz CT molecular complexity index is 378. The minimum atomic E-state index is -0.462. The highest BCUT2D eigenvalue weighted by atomic mass is 16.2. The van der Waals surface area contributed by atoms with Gasteiger partial charge in [0.1, 0.15) is 0 Å². The molecule has 1 aliphatic carbocycles. The molecular weight excluding hydrogens is 258 g/mol. The van der Waals surface area contributed by atoms with E-state index in [1.54, 1.807) is 11.9 Å². The Morgan fingerprint density at radius 2 is 1.70 bits per heavy atom. The van der Waals surface area contributed by atoms with Crippen LogP contribution in [-0.4, -0.2) is 54.7 Å². The summed E-state index contributed by atoms with van der Waals surface area (Å²) in [5.74, 6) is -0.294. The SMILES string of the molecule is CC(=O)C(NC(=O)CN(C)CC(=O)NC1CC1)C(C)C. The van der Waals surface area contributed by atoms with Gasteiger partial charge >= 0.3 is 0 Å². The summed E-state index contributed by atoms with van der Waals surface area (Å²) in [6.45, 7) is 5.54. The van der Waals surface area contributed by atoms with Gasteiger partial charge in [-0.1, -0.05) is 13.8 Å². The van der Waals surface area contributed by atoms with Crippen LogP contribution in [0.5, 0.6) is 0 Å². The number of amides is 2. The summed E-state index contributed by atoms with van der Waals surface area (Å²) in [4.78, 5) is 36.5. The first-order valence-electron chi connectivity index (χ1n) is 7.07. The van der Waals surface area contributed by atoms with Gasteiger partial charge in [0.2, 0.25) is 11.8 Å². The highest BCUT2D eigenvalue weighted by Gasteiger charge is 2.24. The molecule has 2 N–H and O–H groups in total. The molecule has 6 nitrogen and oxygen atoms in total. The number of ketones is 1. The van der Waals surface area contributed by atoms with Crippen LogP contribution < -0.4 is 10.6 Å². The maximum atomic E-state index is 11.9. The molecule has 1 unspecified atom stereocenters. The van der Waals surface area contributed by atoms with Crippen LogP contribution in [0, 0.1) is 5.92 Å². The van der Waals surface area contributed by atoms with E-state index < -0.39 is 6.04 Å². The fourth-order valence-electron chi connectivity index (χ4n) is 2.00. The highest BCUT2D eigenvalue weighted by molar-refractivity contribution is 5.88. The Hall–Kier alpha value is -1.43. The molecule has 1 saturated carbocycles. The van der Waals surface area contributed by atoms with Gasteiger partial charge in [0, 0.05) is 6.04 Å². The Morgan fingerprint density at radius 1 is 1.15 bits per heavy atom. The summed E-state index contributed by atoms with van der Waals surface area (Å²) in [6.07, 6.45) is 2.09. The van der Waals surface area contributed by atoms with Gasteiger partial charge in [0.15, 0.2) is 5.78 Å².